The van der Waals surface area contributed by atoms with Gasteiger partial charge in [0, 0.05) is 11.3 Å². The van der Waals surface area contributed by atoms with Crippen LogP contribution >= 0.6 is 0 Å². The number of hydrogen-bond donors (Lipinski definition) is 3. The Kier molecular flexibility index (Phi) is 7.18. The Bertz CT molecular complexity index is 893. The summed E-state index contributed by atoms with van der Waals surface area (Å²) >= 11 is 0. The van der Waals surface area contributed by atoms with Gasteiger partial charge in [-0.05, 0) is 56.3 Å². The second-order valence-electron chi connectivity index (χ2n) is 7.89. The summed E-state index contributed by atoms with van der Waals surface area (Å²) in [6.07, 6.45) is 0. The molecular formula is C23H30FN3O3+2. The van der Waals surface area contributed by atoms with E-state index >= 15 is 0 Å². The maximum Gasteiger partial charge on any atom is 0.282 e. The minimum Gasteiger partial charge on any atom is -0.496 e. The number of piperazine rings is 1. The predicted octanol–water partition coefficient (Wildman–Crippen LogP) is 0.348. The van der Waals surface area contributed by atoms with Crippen molar-refractivity contribution >= 4 is 17.4 Å². The number of ketones is 1. The van der Waals surface area contributed by atoms with E-state index < -0.39 is 0 Å². The number of anilines is 1. The number of quaternary nitrogens is 2. The first kappa shape index (κ1) is 21.9. The lowest BCUT2D eigenvalue weighted by Crippen LogP contribution is -3.29. The molecule has 0 radical (unpaired) electrons. The molecule has 1 heterocycles. The SMILES string of the molecule is COc1ccc(F)cc1C[NH+]1CC[NH+]([C@@H](C)C(=O)Nc2ccc(C(C)=O)cc2)CC1. The summed E-state index contributed by atoms with van der Waals surface area (Å²) in [5.41, 5.74) is 2.19. The van der Waals surface area contributed by atoms with Crippen LogP contribution in [0, 0.1) is 5.82 Å². The van der Waals surface area contributed by atoms with Crippen LogP contribution in [0.3, 0.4) is 0 Å². The largest absolute Gasteiger partial charge is 0.496 e. The van der Waals surface area contributed by atoms with E-state index in [0.29, 0.717) is 23.5 Å². The van der Waals surface area contributed by atoms with E-state index in [1.54, 1.807) is 43.5 Å². The monoisotopic (exact) mass is 415 g/mol. The molecule has 1 saturated heterocycles. The molecule has 2 aromatic rings. The summed E-state index contributed by atoms with van der Waals surface area (Å²) in [6, 6.07) is 11.4. The molecule has 1 amide bonds. The van der Waals surface area contributed by atoms with Gasteiger partial charge in [0.15, 0.2) is 11.8 Å². The van der Waals surface area contributed by atoms with Crippen molar-refractivity contribution in [2.24, 2.45) is 0 Å². The molecule has 7 heteroatoms. The maximum absolute atomic E-state index is 13.6. The Morgan fingerprint density at radius 1 is 1.10 bits per heavy atom. The highest BCUT2D eigenvalue weighted by molar-refractivity contribution is 5.96. The van der Waals surface area contributed by atoms with Crippen LogP contribution in [-0.4, -0.2) is 51.0 Å². The van der Waals surface area contributed by atoms with Gasteiger partial charge >= 0.3 is 0 Å². The van der Waals surface area contributed by atoms with E-state index in [9.17, 15) is 14.0 Å². The molecule has 0 aromatic heterocycles. The number of amides is 1. The van der Waals surface area contributed by atoms with Crippen molar-refractivity contribution in [2.45, 2.75) is 26.4 Å². The second-order valence-corrected chi connectivity index (χ2v) is 7.89. The maximum atomic E-state index is 13.6. The van der Waals surface area contributed by atoms with Crippen LogP contribution in [0.4, 0.5) is 10.1 Å². The Hall–Kier alpha value is -2.77. The van der Waals surface area contributed by atoms with E-state index in [1.165, 1.54) is 22.8 Å². The molecule has 0 saturated carbocycles. The van der Waals surface area contributed by atoms with Crippen molar-refractivity contribution in [1.29, 1.82) is 0 Å². The number of carbonyl (C=O) groups is 2. The molecule has 6 nitrogen and oxygen atoms in total. The Labute approximate surface area is 176 Å². The third-order valence-electron chi connectivity index (χ3n) is 5.85. The average molecular weight is 416 g/mol. The van der Waals surface area contributed by atoms with Crippen molar-refractivity contribution in [1.82, 2.24) is 0 Å². The molecule has 0 aliphatic carbocycles. The van der Waals surface area contributed by atoms with Gasteiger partial charge in [-0.25, -0.2) is 4.39 Å². The first-order chi connectivity index (χ1) is 14.4. The topological polar surface area (TPSA) is 64.3 Å². The van der Waals surface area contributed by atoms with Crippen LogP contribution in [-0.2, 0) is 11.3 Å². The molecule has 1 aliphatic heterocycles. The minimum atomic E-state index is -0.254. The zero-order valence-electron chi connectivity index (χ0n) is 17.8. The van der Waals surface area contributed by atoms with Crippen molar-refractivity contribution in [2.75, 3.05) is 38.6 Å². The summed E-state index contributed by atoms with van der Waals surface area (Å²) in [7, 11) is 1.60. The third kappa shape index (κ3) is 5.43. The van der Waals surface area contributed by atoms with Gasteiger partial charge in [0.2, 0.25) is 0 Å². The van der Waals surface area contributed by atoms with Gasteiger partial charge in [-0.15, -0.1) is 0 Å². The van der Waals surface area contributed by atoms with E-state index in [0.717, 1.165) is 31.7 Å². The van der Waals surface area contributed by atoms with Gasteiger partial charge in [0.1, 0.15) is 44.3 Å². The van der Waals surface area contributed by atoms with Crippen LogP contribution < -0.4 is 19.9 Å². The molecule has 0 spiro atoms. The van der Waals surface area contributed by atoms with E-state index in [4.69, 9.17) is 4.74 Å². The smallest absolute Gasteiger partial charge is 0.282 e. The third-order valence-corrected chi connectivity index (χ3v) is 5.85. The van der Waals surface area contributed by atoms with Gasteiger partial charge < -0.3 is 19.9 Å². The van der Waals surface area contributed by atoms with Gasteiger partial charge in [0.25, 0.3) is 5.91 Å². The van der Waals surface area contributed by atoms with Crippen molar-refractivity contribution in [3.63, 3.8) is 0 Å². The molecule has 1 atom stereocenters. The number of nitrogens with one attached hydrogen (secondary N) is 3. The number of rotatable bonds is 7. The number of carbonyl (C=O) groups excluding carboxylic acids is 2. The molecular weight excluding hydrogens is 385 g/mol. The first-order valence-corrected chi connectivity index (χ1v) is 10.3. The van der Waals surface area contributed by atoms with E-state index in [1.807, 2.05) is 6.92 Å². The van der Waals surface area contributed by atoms with Gasteiger partial charge in [-0.2, -0.15) is 0 Å². The van der Waals surface area contributed by atoms with Crippen LogP contribution in [0.25, 0.3) is 0 Å². The van der Waals surface area contributed by atoms with Crippen molar-refractivity contribution < 1.29 is 28.5 Å². The highest BCUT2D eigenvalue weighted by Gasteiger charge is 2.31. The molecule has 2 aromatic carbocycles. The lowest BCUT2D eigenvalue weighted by Gasteiger charge is -2.32. The number of halogens is 1. The lowest BCUT2D eigenvalue weighted by atomic mass is 10.1. The molecule has 0 bridgehead atoms. The number of methoxy groups -OCH3 is 1. The number of benzene rings is 2. The summed E-state index contributed by atoms with van der Waals surface area (Å²) in [5.74, 6) is 0.427. The minimum absolute atomic E-state index is 0.00178. The van der Waals surface area contributed by atoms with Crippen molar-refractivity contribution in [3.05, 3.63) is 59.4 Å². The fourth-order valence-corrected chi connectivity index (χ4v) is 3.91. The fraction of sp³-hybridized carbons (Fsp3) is 0.391. The molecule has 3 N–H and O–H groups in total. The van der Waals surface area contributed by atoms with Gasteiger partial charge in [-0.1, -0.05) is 0 Å². The molecule has 3 rings (SSSR count). The van der Waals surface area contributed by atoms with Crippen LogP contribution in [0.2, 0.25) is 0 Å². The normalized spacial score (nSPS) is 19.7. The number of Topliss-reactive ketones (excluding diaryl/α,β-unsaturated/α-hetero) is 1. The van der Waals surface area contributed by atoms with Crippen LogP contribution in [0.5, 0.6) is 5.75 Å². The molecule has 30 heavy (non-hydrogen) atoms. The standard InChI is InChI=1S/C23H28FN3O3/c1-16(23(29)25-21-7-4-18(5-8-21)17(2)28)27-12-10-26(11-13-27)15-19-14-20(24)6-9-22(19)30-3/h4-9,14,16H,10-13,15H2,1-3H3,(H,25,29)/p+2/t16-/m0/s1. The molecule has 1 fully saturated rings. The molecule has 1 aliphatic rings. The lowest BCUT2D eigenvalue weighted by molar-refractivity contribution is -1.02. The predicted molar refractivity (Wildman–Crippen MR) is 113 cm³/mol. The summed E-state index contributed by atoms with van der Waals surface area (Å²) < 4.78 is 19.0. The fourth-order valence-electron chi connectivity index (χ4n) is 3.91. The van der Waals surface area contributed by atoms with Crippen LogP contribution in [0.15, 0.2) is 42.5 Å². The zero-order chi connectivity index (χ0) is 21.7. The van der Waals surface area contributed by atoms with Crippen molar-refractivity contribution in [3.8, 4) is 5.75 Å². The van der Waals surface area contributed by atoms with Gasteiger partial charge in [0.05, 0.1) is 12.7 Å². The summed E-state index contributed by atoms with van der Waals surface area (Å²) in [6.45, 7) is 7.70. The quantitative estimate of drug-likeness (QED) is 0.572. The summed E-state index contributed by atoms with van der Waals surface area (Å²) in [5, 5.41) is 2.94. The van der Waals surface area contributed by atoms with E-state index in [2.05, 4.69) is 5.32 Å². The highest BCUT2D eigenvalue weighted by Crippen LogP contribution is 2.18. The zero-order valence-corrected chi connectivity index (χ0v) is 17.8. The Morgan fingerprint density at radius 3 is 2.37 bits per heavy atom. The van der Waals surface area contributed by atoms with Crippen LogP contribution in [0.1, 0.15) is 29.8 Å². The molecule has 160 valence electrons. The Morgan fingerprint density at radius 2 is 1.77 bits per heavy atom. The second kappa shape index (κ2) is 9.82. The average Bonchev–Trinajstić information content (AvgIpc) is 2.74. The number of hydrogen-bond acceptors (Lipinski definition) is 3. The molecule has 0 unspecified atom stereocenters. The highest BCUT2D eigenvalue weighted by atomic mass is 19.1. The summed E-state index contributed by atoms with van der Waals surface area (Å²) in [4.78, 5) is 26.6. The Balaban J connectivity index is 1.52. The van der Waals surface area contributed by atoms with Gasteiger partial charge in [-0.3, -0.25) is 9.59 Å². The van der Waals surface area contributed by atoms with E-state index in [-0.39, 0.29) is 23.5 Å². The number of ether oxygens (including phenoxy) is 1. The first-order valence-electron chi connectivity index (χ1n) is 10.3.